The van der Waals surface area contributed by atoms with Crippen LogP contribution in [0, 0.1) is 5.41 Å². The lowest BCUT2D eigenvalue weighted by Crippen LogP contribution is -2.44. The summed E-state index contributed by atoms with van der Waals surface area (Å²) in [5.74, 6) is 2.26. The molecule has 0 amide bonds. The monoisotopic (exact) mass is 371 g/mol. The number of hydrogen-bond acceptors (Lipinski definition) is 6. The van der Waals surface area contributed by atoms with Gasteiger partial charge in [0.15, 0.2) is 17.3 Å². The topological polar surface area (TPSA) is 72.0 Å². The van der Waals surface area contributed by atoms with Crippen molar-refractivity contribution in [3.63, 3.8) is 0 Å². The maximum atomic E-state index is 12.0. The van der Waals surface area contributed by atoms with E-state index in [1.165, 1.54) is 0 Å². The van der Waals surface area contributed by atoms with Gasteiger partial charge in [-0.05, 0) is 49.8 Å². The summed E-state index contributed by atoms with van der Waals surface area (Å²) in [6.45, 7) is 8.40. The average molecular weight is 371 g/mol. The second-order valence-corrected chi connectivity index (χ2v) is 8.72. The highest BCUT2D eigenvalue weighted by Gasteiger charge is 2.30. The van der Waals surface area contributed by atoms with Crippen LogP contribution in [0.4, 0.5) is 0 Å². The highest BCUT2D eigenvalue weighted by Crippen LogP contribution is 2.36. The largest absolute Gasteiger partial charge is 0.493 e. The van der Waals surface area contributed by atoms with Gasteiger partial charge in [0, 0.05) is 23.8 Å². The summed E-state index contributed by atoms with van der Waals surface area (Å²) in [7, 11) is 3.27. The van der Waals surface area contributed by atoms with Gasteiger partial charge in [0.05, 0.1) is 19.8 Å². The second kappa shape index (κ2) is 6.91. The van der Waals surface area contributed by atoms with Crippen LogP contribution in [0.15, 0.2) is 28.9 Å². The van der Waals surface area contributed by atoms with Crippen LogP contribution in [0.5, 0.6) is 11.5 Å². The highest BCUT2D eigenvalue weighted by atomic mass is 16.5. The molecule has 0 saturated heterocycles. The first-order chi connectivity index (χ1) is 12.6. The maximum Gasteiger partial charge on any atom is 0.161 e. The number of nitrogens with one attached hydrogen (secondary N) is 2. The number of amidine groups is 1. The Bertz CT molecular complexity index is 822. The van der Waals surface area contributed by atoms with Crippen LogP contribution in [0.2, 0.25) is 0 Å². The maximum absolute atomic E-state index is 12.0. The quantitative estimate of drug-likeness (QED) is 0.796. The number of aliphatic imine (C=N–C) groups is 1. The number of carbonyl (C=O) groups excluding carboxylic acids is 1. The zero-order valence-electron chi connectivity index (χ0n) is 17.0. The molecule has 0 atom stereocenters. The SMILES string of the molecule is COc1cc2c(cc1OC)C(NNC1=CC(=O)CC(C)(C)C1)=NC(C)(C)C2. The van der Waals surface area contributed by atoms with E-state index in [1.54, 1.807) is 20.3 Å². The van der Waals surface area contributed by atoms with Gasteiger partial charge in [-0.1, -0.05) is 13.8 Å². The van der Waals surface area contributed by atoms with E-state index in [1.807, 2.05) is 12.1 Å². The molecule has 6 nitrogen and oxygen atoms in total. The number of ketones is 1. The van der Waals surface area contributed by atoms with Crippen LogP contribution in [0.1, 0.15) is 51.7 Å². The number of carbonyl (C=O) groups is 1. The number of benzene rings is 1. The molecule has 27 heavy (non-hydrogen) atoms. The molecule has 0 saturated carbocycles. The number of hydrazine groups is 1. The summed E-state index contributed by atoms with van der Waals surface area (Å²) < 4.78 is 10.9. The lowest BCUT2D eigenvalue weighted by Gasteiger charge is -2.32. The van der Waals surface area contributed by atoms with Gasteiger partial charge in [0.2, 0.25) is 0 Å². The van der Waals surface area contributed by atoms with Crippen molar-refractivity contribution >= 4 is 11.6 Å². The van der Waals surface area contributed by atoms with Gasteiger partial charge in [-0.15, -0.1) is 0 Å². The summed E-state index contributed by atoms with van der Waals surface area (Å²) in [4.78, 5) is 16.9. The van der Waals surface area contributed by atoms with E-state index < -0.39 is 0 Å². The molecule has 1 aliphatic carbocycles. The number of methoxy groups -OCH3 is 2. The van der Waals surface area contributed by atoms with E-state index in [9.17, 15) is 4.79 Å². The molecule has 0 aromatic heterocycles. The van der Waals surface area contributed by atoms with Crippen LogP contribution < -0.4 is 20.3 Å². The van der Waals surface area contributed by atoms with Crippen molar-refractivity contribution < 1.29 is 14.3 Å². The predicted molar refractivity (Wildman–Crippen MR) is 106 cm³/mol. The van der Waals surface area contributed by atoms with Crippen molar-refractivity contribution in [1.82, 2.24) is 10.9 Å². The number of fused-ring (bicyclic) bond motifs is 1. The minimum Gasteiger partial charge on any atom is -0.493 e. The molecule has 1 heterocycles. The number of hydrogen-bond donors (Lipinski definition) is 2. The third-order valence-corrected chi connectivity index (χ3v) is 4.90. The molecule has 146 valence electrons. The molecule has 0 bridgehead atoms. The van der Waals surface area contributed by atoms with Crippen molar-refractivity contribution in [3.8, 4) is 11.5 Å². The summed E-state index contributed by atoms with van der Waals surface area (Å²) in [6.07, 6.45) is 3.87. The van der Waals surface area contributed by atoms with E-state index >= 15 is 0 Å². The van der Waals surface area contributed by atoms with Crippen molar-refractivity contribution in [2.24, 2.45) is 10.4 Å². The Morgan fingerprint density at radius 1 is 0.963 bits per heavy atom. The summed E-state index contributed by atoms with van der Waals surface area (Å²) in [5, 5.41) is 0. The highest BCUT2D eigenvalue weighted by molar-refractivity contribution is 6.02. The van der Waals surface area contributed by atoms with Gasteiger partial charge < -0.3 is 14.9 Å². The summed E-state index contributed by atoms with van der Waals surface area (Å²) in [5.41, 5.74) is 9.15. The van der Waals surface area contributed by atoms with Crippen molar-refractivity contribution in [3.05, 3.63) is 35.0 Å². The fourth-order valence-electron chi connectivity index (χ4n) is 3.82. The third-order valence-electron chi connectivity index (χ3n) is 4.90. The lowest BCUT2D eigenvalue weighted by atomic mass is 9.79. The van der Waals surface area contributed by atoms with Crippen LogP contribution in [0.25, 0.3) is 0 Å². The number of allylic oxidation sites excluding steroid dienone is 2. The zero-order valence-corrected chi connectivity index (χ0v) is 17.0. The van der Waals surface area contributed by atoms with Crippen LogP contribution in [-0.2, 0) is 11.2 Å². The molecule has 0 unspecified atom stereocenters. The molecule has 2 N–H and O–H groups in total. The normalized spacial score (nSPS) is 20.1. The Morgan fingerprint density at radius 3 is 2.26 bits per heavy atom. The molecular formula is C21H29N3O3. The van der Waals surface area contributed by atoms with E-state index in [0.717, 1.165) is 35.5 Å². The first-order valence-electron chi connectivity index (χ1n) is 9.23. The smallest absolute Gasteiger partial charge is 0.161 e. The first-order valence-corrected chi connectivity index (χ1v) is 9.23. The molecule has 0 radical (unpaired) electrons. The molecule has 1 aliphatic heterocycles. The van der Waals surface area contributed by atoms with E-state index in [0.29, 0.717) is 17.9 Å². The lowest BCUT2D eigenvalue weighted by molar-refractivity contribution is -0.117. The van der Waals surface area contributed by atoms with E-state index in [2.05, 4.69) is 38.5 Å². The Labute approximate surface area is 161 Å². The molecule has 1 aromatic carbocycles. The molecule has 0 spiro atoms. The predicted octanol–water partition coefficient (Wildman–Crippen LogP) is 3.15. The van der Waals surface area contributed by atoms with E-state index in [4.69, 9.17) is 14.5 Å². The summed E-state index contributed by atoms with van der Waals surface area (Å²) >= 11 is 0. The van der Waals surface area contributed by atoms with Crippen LogP contribution in [0.3, 0.4) is 0 Å². The minimum absolute atomic E-state index is 0.0437. The van der Waals surface area contributed by atoms with Gasteiger partial charge in [0.25, 0.3) is 0 Å². The average Bonchev–Trinajstić information content (AvgIpc) is 2.55. The van der Waals surface area contributed by atoms with Gasteiger partial charge in [-0.3, -0.25) is 15.2 Å². The van der Waals surface area contributed by atoms with E-state index in [-0.39, 0.29) is 16.7 Å². The van der Waals surface area contributed by atoms with Crippen LogP contribution >= 0.6 is 0 Å². The van der Waals surface area contributed by atoms with Gasteiger partial charge >= 0.3 is 0 Å². The van der Waals surface area contributed by atoms with Gasteiger partial charge in [-0.2, -0.15) is 0 Å². The van der Waals surface area contributed by atoms with Crippen molar-refractivity contribution in [2.45, 2.75) is 52.5 Å². The van der Waals surface area contributed by atoms with Crippen molar-refractivity contribution in [1.29, 1.82) is 0 Å². The standard InChI is InChI=1S/C21H29N3O3/c1-20(2)11-14(8-15(25)12-20)23-24-19-16-9-18(27-6)17(26-5)7-13(16)10-21(3,4)22-19/h7-9,23H,10-12H2,1-6H3,(H,22,24). The zero-order chi connectivity index (χ0) is 19.8. The molecule has 0 fully saturated rings. The molecular weight excluding hydrogens is 342 g/mol. The fraction of sp³-hybridized carbons (Fsp3) is 0.524. The third kappa shape index (κ3) is 4.26. The molecule has 3 rings (SSSR count). The molecule has 6 heteroatoms. The molecule has 2 aliphatic rings. The molecule has 1 aromatic rings. The number of ether oxygens (including phenoxy) is 2. The fourth-order valence-corrected chi connectivity index (χ4v) is 3.82. The Kier molecular flexibility index (Phi) is 4.93. The minimum atomic E-state index is -0.243. The van der Waals surface area contributed by atoms with Crippen LogP contribution in [-0.4, -0.2) is 31.4 Å². The Morgan fingerprint density at radius 2 is 1.63 bits per heavy atom. The van der Waals surface area contributed by atoms with Crippen molar-refractivity contribution in [2.75, 3.05) is 14.2 Å². The van der Waals surface area contributed by atoms with Gasteiger partial charge in [0.1, 0.15) is 5.84 Å². The number of rotatable bonds is 4. The Hall–Kier alpha value is -2.50. The second-order valence-electron chi connectivity index (χ2n) is 8.72. The summed E-state index contributed by atoms with van der Waals surface area (Å²) in [6, 6.07) is 3.96. The Balaban J connectivity index is 1.89. The van der Waals surface area contributed by atoms with Gasteiger partial charge in [-0.25, -0.2) is 0 Å². The first kappa shape index (κ1) is 19.3. The number of nitrogens with zero attached hydrogens (tertiary/aromatic N) is 1.